The number of hydrogen-bond donors (Lipinski definition) is 0. The minimum Gasteiger partial charge on any atom is -0.454 e. The molecule has 0 spiro atoms. The second-order valence-corrected chi connectivity index (χ2v) is 14.1. The van der Waals surface area contributed by atoms with Crippen LogP contribution in [0.15, 0.2) is 205 Å². The number of aromatic nitrogens is 2. The predicted molar refractivity (Wildman–Crippen MR) is 232 cm³/mol. The summed E-state index contributed by atoms with van der Waals surface area (Å²) in [5.41, 5.74) is 15.7. The van der Waals surface area contributed by atoms with Crippen molar-refractivity contribution >= 4 is 21.9 Å². The van der Waals surface area contributed by atoms with Crippen LogP contribution in [0.5, 0.6) is 0 Å². The first kappa shape index (κ1) is 33.7. The first-order valence-corrected chi connectivity index (χ1v) is 18.9. The number of nitrogens with zero attached hydrogens (tertiary/aromatic N) is 3. The zero-order valence-corrected chi connectivity index (χ0v) is 30.8. The molecule has 0 unspecified atom stereocenters. The summed E-state index contributed by atoms with van der Waals surface area (Å²) in [6, 6.07) is 71.2. The van der Waals surface area contributed by atoms with Crippen LogP contribution in [0.25, 0.3) is 100 Å². The topological polar surface area (TPSA) is 62.7 Å². The van der Waals surface area contributed by atoms with E-state index >= 15 is 0 Å². The molecule has 0 radical (unpaired) electrons. The quantitative estimate of drug-likeness (QED) is 0.164. The zero-order valence-electron chi connectivity index (χ0n) is 30.8. The zero-order chi connectivity index (χ0) is 38.1. The van der Waals surface area contributed by atoms with Crippen LogP contribution in [0.2, 0.25) is 0 Å². The van der Waals surface area contributed by atoms with Gasteiger partial charge in [-0.25, -0.2) is 9.97 Å². The van der Waals surface area contributed by atoms with Crippen LogP contribution < -0.4 is 0 Å². The van der Waals surface area contributed by atoms with E-state index in [1.807, 2.05) is 84.9 Å². The van der Waals surface area contributed by atoms with Crippen LogP contribution in [0.1, 0.15) is 5.56 Å². The smallest absolute Gasteiger partial charge is 0.153 e. The summed E-state index contributed by atoms with van der Waals surface area (Å²) >= 11 is 0. The average molecular weight is 728 g/mol. The second kappa shape index (κ2) is 14.4. The molecule has 57 heavy (non-hydrogen) atoms. The molecule has 0 fully saturated rings. The highest BCUT2D eigenvalue weighted by atomic mass is 16.3. The highest BCUT2D eigenvalue weighted by Gasteiger charge is 2.18. The van der Waals surface area contributed by atoms with Crippen LogP contribution in [0, 0.1) is 11.3 Å². The Morgan fingerprint density at radius 3 is 1.12 bits per heavy atom. The van der Waals surface area contributed by atoms with Gasteiger partial charge >= 0.3 is 0 Å². The first-order valence-electron chi connectivity index (χ1n) is 18.9. The summed E-state index contributed by atoms with van der Waals surface area (Å²) in [4.78, 5) is 10.4. The first-order chi connectivity index (χ1) is 28.2. The van der Waals surface area contributed by atoms with Crippen molar-refractivity contribution in [1.29, 1.82) is 5.26 Å². The van der Waals surface area contributed by atoms with E-state index in [-0.39, 0.29) is 0 Å². The Morgan fingerprint density at radius 2 is 0.702 bits per heavy atom. The highest BCUT2D eigenvalue weighted by Crippen LogP contribution is 2.42. The Kier molecular flexibility index (Phi) is 8.52. The molecule has 0 N–H and O–H groups in total. The van der Waals surface area contributed by atoms with Gasteiger partial charge in [-0.2, -0.15) is 5.26 Å². The fraction of sp³-hybridized carbons (Fsp3) is 0. The lowest BCUT2D eigenvalue weighted by atomic mass is 9.91. The monoisotopic (exact) mass is 727 g/mol. The molecule has 0 aliphatic carbocycles. The van der Waals surface area contributed by atoms with E-state index in [9.17, 15) is 5.26 Å². The van der Waals surface area contributed by atoms with Gasteiger partial charge in [-0.3, -0.25) is 0 Å². The second-order valence-electron chi connectivity index (χ2n) is 14.1. The minimum atomic E-state index is 0.515. The third-order valence-electron chi connectivity index (χ3n) is 10.5. The maximum absolute atomic E-state index is 9.97. The van der Waals surface area contributed by atoms with Crippen molar-refractivity contribution in [3.8, 4) is 84.5 Å². The van der Waals surface area contributed by atoms with Crippen molar-refractivity contribution in [2.24, 2.45) is 0 Å². The lowest BCUT2D eigenvalue weighted by molar-refractivity contribution is 0.668. The Hall–Kier alpha value is -7.87. The molecule has 10 rings (SSSR count). The molecule has 266 valence electrons. The summed E-state index contributed by atoms with van der Waals surface area (Å²) in [5, 5.41) is 11.9. The molecule has 0 bridgehead atoms. The van der Waals surface area contributed by atoms with Gasteiger partial charge in [-0.15, -0.1) is 0 Å². The Labute approximate surface area is 330 Å². The maximum Gasteiger partial charge on any atom is 0.153 e. The molecule has 7 aromatic carbocycles. The molecule has 0 atom stereocenters. The van der Waals surface area contributed by atoms with Gasteiger partial charge in [-0.05, 0) is 76.3 Å². The van der Waals surface area contributed by atoms with E-state index in [4.69, 9.17) is 14.4 Å². The third kappa shape index (κ3) is 6.44. The molecule has 3 heterocycles. The molecule has 3 aromatic heterocycles. The van der Waals surface area contributed by atoms with Crippen LogP contribution in [0.4, 0.5) is 0 Å². The van der Waals surface area contributed by atoms with Gasteiger partial charge in [0.05, 0.1) is 28.3 Å². The van der Waals surface area contributed by atoms with E-state index < -0.39 is 0 Å². The van der Waals surface area contributed by atoms with Crippen LogP contribution in [0.3, 0.4) is 0 Å². The van der Waals surface area contributed by atoms with Crippen molar-refractivity contribution in [3.05, 3.63) is 206 Å². The molecule has 0 saturated carbocycles. The summed E-state index contributed by atoms with van der Waals surface area (Å²) in [7, 11) is 0. The Bertz CT molecular complexity index is 2850. The number of rotatable bonds is 7. The Morgan fingerprint density at radius 1 is 0.333 bits per heavy atom. The normalized spacial score (nSPS) is 11.1. The number of furan rings is 1. The maximum atomic E-state index is 9.97. The molecule has 0 aliphatic heterocycles. The van der Waals surface area contributed by atoms with Crippen LogP contribution >= 0.6 is 0 Å². The van der Waals surface area contributed by atoms with Gasteiger partial charge in [0.1, 0.15) is 11.7 Å². The highest BCUT2D eigenvalue weighted by molar-refractivity contribution is 6.11. The van der Waals surface area contributed by atoms with Crippen molar-refractivity contribution < 1.29 is 4.42 Å². The molecule has 4 heteroatoms. The fourth-order valence-corrected chi connectivity index (χ4v) is 7.67. The molecule has 0 aliphatic rings. The van der Waals surface area contributed by atoms with Crippen molar-refractivity contribution in [1.82, 2.24) is 9.97 Å². The summed E-state index contributed by atoms with van der Waals surface area (Å²) < 4.78 is 6.62. The molecule has 0 saturated heterocycles. The lowest BCUT2D eigenvalue weighted by Crippen LogP contribution is -1.94. The predicted octanol–water partition coefficient (Wildman–Crippen LogP) is 13.9. The van der Waals surface area contributed by atoms with Gasteiger partial charge in [-0.1, -0.05) is 152 Å². The van der Waals surface area contributed by atoms with E-state index in [0.717, 1.165) is 94.8 Å². The molecule has 0 amide bonds. The van der Waals surface area contributed by atoms with Crippen LogP contribution in [-0.4, -0.2) is 9.97 Å². The number of hydrogen-bond acceptors (Lipinski definition) is 4. The van der Waals surface area contributed by atoms with Crippen molar-refractivity contribution in [3.63, 3.8) is 0 Å². The SMILES string of the molecule is N#Cc1cccc2c1oc1c(-c3cc(-c4cc(-c5ccccc5)nc(-c5ccccc5)c4)cc(-c4cc(-c5ccccc5)nc(-c5ccccc5)c4)c3)cccc12. The average Bonchev–Trinajstić information content (AvgIpc) is 3.69. The van der Waals surface area contributed by atoms with Gasteiger partial charge in [0.25, 0.3) is 0 Å². The number of benzene rings is 7. The summed E-state index contributed by atoms with van der Waals surface area (Å²) in [5.74, 6) is 0. The molecular weight excluding hydrogens is 695 g/mol. The third-order valence-corrected chi connectivity index (χ3v) is 10.5. The van der Waals surface area contributed by atoms with E-state index in [2.05, 4.69) is 115 Å². The summed E-state index contributed by atoms with van der Waals surface area (Å²) in [6.07, 6.45) is 0. The fourth-order valence-electron chi connectivity index (χ4n) is 7.67. The number of nitriles is 1. The summed E-state index contributed by atoms with van der Waals surface area (Å²) in [6.45, 7) is 0. The van der Waals surface area contributed by atoms with Gasteiger partial charge in [0.15, 0.2) is 5.58 Å². The van der Waals surface area contributed by atoms with Crippen molar-refractivity contribution in [2.45, 2.75) is 0 Å². The van der Waals surface area contributed by atoms with E-state index in [0.29, 0.717) is 11.1 Å². The Balaban J connectivity index is 1.25. The van der Waals surface area contributed by atoms with Gasteiger partial charge < -0.3 is 4.42 Å². The number of para-hydroxylation sites is 2. The molecular formula is C53H33N3O. The van der Waals surface area contributed by atoms with Crippen molar-refractivity contribution in [2.75, 3.05) is 0 Å². The largest absolute Gasteiger partial charge is 0.454 e. The van der Waals surface area contributed by atoms with Gasteiger partial charge in [0, 0.05) is 38.6 Å². The molecule has 4 nitrogen and oxygen atoms in total. The number of fused-ring (bicyclic) bond motifs is 3. The molecule has 10 aromatic rings. The van der Waals surface area contributed by atoms with Crippen LogP contribution in [-0.2, 0) is 0 Å². The standard InChI is InChI=1S/C53H33N3O/c54-34-39-23-13-25-46-47-26-14-24-45(53(47)57-52(39)46)44-28-40(42-30-48(35-15-5-1-6-16-35)55-49(31-42)36-17-7-2-8-18-36)27-41(29-44)43-32-50(37-19-9-3-10-20-37)56-51(33-43)38-21-11-4-12-22-38/h1-33H. The van der Waals surface area contributed by atoms with E-state index in [1.54, 1.807) is 6.07 Å². The minimum absolute atomic E-state index is 0.515. The lowest BCUT2D eigenvalue weighted by Gasteiger charge is -2.15. The van der Waals surface area contributed by atoms with E-state index in [1.165, 1.54) is 0 Å². The van der Waals surface area contributed by atoms with Gasteiger partial charge in [0.2, 0.25) is 0 Å². The number of pyridine rings is 2.